The van der Waals surface area contributed by atoms with E-state index in [0.717, 1.165) is 16.5 Å². The molecule has 104 valence electrons. The molecule has 0 atom stereocenters. The summed E-state index contributed by atoms with van der Waals surface area (Å²) in [5.41, 5.74) is 8.03. The molecule has 0 spiro atoms. The van der Waals surface area contributed by atoms with Crippen LogP contribution in [0.4, 0.5) is 0 Å². The van der Waals surface area contributed by atoms with E-state index >= 15 is 0 Å². The van der Waals surface area contributed by atoms with Gasteiger partial charge >= 0.3 is 0 Å². The molecule has 0 saturated carbocycles. The third-order valence-electron chi connectivity index (χ3n) is 2.58. The van der Waals surface area contributed by atoms with Gasteiger partial charge in [-0.3, -0.25) is 4.79 Å². The summed E-state index contributed by atoms with van der Waals surface area (Å²) in [6, 6.07) is 5.53. The van der Waals surface area contributed by atoms with Crippen molar-refractivity contribution in [3.63, 3.8) is 0 Å². The van der Waals surface area contributed by atoms with Crippen LogP contribution in [-0.2, 0) is 0 Å². The lowest BCUT2D eigenvalue weighted by molar-refractivity contribution is 0.109. The summed E-state index contributed by atoms with van der Waals surface area (Å²) in [7, 11) is 1.17. The number of benzene rings is 1. The van der Waals surface area contributed by atoms with Crippen molar-refractivity contribution in [2.45, 2.75) is 0 Å². The van der Waals surface area contributed by atoms with E-state index in [0.29, 0.717) is 10.7 Å². The third-order valence-corrected chi connectivity index (χ3v) is 4.66. The lowest BCUT2D eigenvalue weighted by Gasteiger charge is -1.97. The molecule has 2 rings (SSSR count). The van der Waals surface area contributed by atoms with E-state index in [1.54, 1.807) is 12.3 Å². The molecule has 0 saturated heterocycles. The number of aromatic nitrogens is 1. The van der Waals surface area contributed by atoms with Gasteiger partial charge in [0.25, 0.3) is 0 Å². The normalized spacial score (nSPS) is 12.4. The Morgan fingerprint density at radius 2 is 2.30 bits per heavy atom. The minimum absolute atomic E-state index is 0.0289. The van der Waals surface area contributed by atoms with Crippen LogP contribution in [0.25, 0.3) is 10.9 Å². The summed E-state index contributed by atoms with van der Waals surface area (Å²) in [5.74, 6) is 0. The molecule has 1 aromatic carbocycles. The van der Waals surface area contributed by atoms with E-state index in [4.69, 9.17) is 5.73 Å². The highest BCUT2D eigenvalue weighted by molar-refractivity contribution is 14.2. The quantitative estimate of drug-likeness (QED) is 0.347. The van der Waals surface area contributed by atoms with E-state index in [1.165, 1.54) is 20.7 Å². The highest BCUT2D eigenvalue weighted by Gasteiger charge is 2.08. The third kappa shape index (κ3) is 3.55. The second kappa shape index (κ2) is 7.14. The summed E-state index contributed by atoms with van der Waals surface area (Å²) in [6.45, 7) is 0. The Balaban J connectivity index is 2.37. The second-order valence-electron chi connectivity index (χ2n) is 3.76. The number of nitrogens with zero attached hydrogens (tertiary/aromatic N) is 2. The van der Waals surface area contributed by atoms with E-state index in [-0.39, 0.29) is 5.12 Å². The monoisotopic (exact) mass is 418 g/mol. The van der Waals surface area contributed by atoms with Crippen molar-refractivity contribution in [1.82, 2.24) is 4.98 Å². The summed E-state index contributed by atoms with van der Waals surface area (Å²) < 4.78 is 0. The molecule has 20 heavy (non-hydrogen) atoms. The number of hydrogen-bond acceptors (Lipinski definition) is 5. The first-order valence-electron chi connectivity index (χ1n) is 5.50. The molecule has 8 heteroatoms. The number of carbonyl (C=O) groups is 1. The number of nitrogens with one attached hydrogen (secondary N) is 1. The zero-order valence-corrected chi connectivity index (χ0v) is 14.3. The molecule has 0 amide bonds. The van der Waals surface area contributed by atoms with Crippen molar-refractivity contribution in [2.75, 3.05) is 6.26 Å². The maximum absolute atomic E-state index is 11.7. The van der Waals surface area contributed by atoms with Gasteiger partial charge in [-0.25, -0.2) is 0 Å². The first-order chi connectivity index (χ1) is 9.65. The van der Waals surface area contributed by atoms with E-state index in [2.05, 4.69) is 15.2 Å². The highest BCUT2D eigenvalue weighted by atomic mass is 127. The summed E-state index contributed by atoms with van der Waals surface area (Å²) in [6.07, 6.45) is 5.28. The predicted molar refractivity (Wildman–Crippen MR) is 97.0 cm³/mol. The van der Waals surface area contributed by atoms with Crippen molar-refractivity contribution in [1.29, 1.82) is 0 Å². The summed E-state index contributed by atoms with van der Waals surface area (Å²) in [4.78, 5) is 14.8. The van der Waals surface area contributed by atoms with Crippen molar-refractivity contribution in [3.8, 4) is 0 Å². The Hall–Kier alpha value is -1.000. The SMILES string of the molecule is CS/C(N)=N\N=C\c1c[nH]c2ccc(C(=O)SI)cc12. The number of nitrogens with two attached hydrogens (primary N) is 1. The molecule has 0 aliphatic rings. The van der Waals surface area contributed by atoms with Gasteiger partial charge in [0.2, 0.25) is 5.12 Å². The van der Waals surface area contributed by atoms with Crippen molar-refractivity contribution in [3.05, 3.63) is 35.5 Å². The molecule has 0 unspecified atom stereocenters. The van der Waals surface area contributed by atoms with Crippen LogP contribution in [0.3, 0.4) is 0 Å². The number of H-pyrrole nitrogens is 1. The standard InChI is InChI=1S/C12H11IN4OS2/c1-19-12(14)17-16-6-8-5-15-10-3-2-7(4-9(8)10)11(18)20-13/h2-6,15H,1H3,(H2,14,17)/b16-6+. The van der Waals surface area contributed by atoms with Gasteiger partial charge in [0.15, 0.2) is 5.17 Å². The van der Waals surface area contributed by atoms with Crippen molar-refractivity contribution in [2.24, 2.45) is 15.9 Å². The minimum Gasteiger partial charge on any atom is -0.377 e. The Morgan fingerprint density at radius 1 is 1.50 bits per heavy atom. The van der Waals surface area contributed by atoms with Crippen LogP contribution in [0.15, 0.2) is 34.6 Å². The number of fused-ring (bicyclic) bond motifs is 1. The lowest BCUT2D eigenvalue weighted by atomic mass is 10.1. The molecular weight excluding hydrogens is 407 g/mol. The van der Waals surface area contributed by atoms with Crippen LogP contribution in [0.2, 0.25) is 0 Å². The van der Waals surface area contributed by atoms with Crippen LogP contribution in [0.5, 0.6) is 0 Å². The molecule has 0 bridgehead atoms. The van der Waals surface area contributed by atoms with E-state index < -0.39 is 0 Å². The fraction of sp³-hybridized carbons (Fsp3) is 0.0833. The molecule has 0 radical (unpaired) electrons. The first-order valence-corrected chi connectivity index (χ1v) is 10.1. The molecule has 1 aromatic heterocycles. The Bertz CT molecular complexity index is 696. The number of amidine groups is 1. The predicted octanol–water partition coefficient (Wildman–Crippen LogP) is 3.40. The maximum atomic E-state index is 11.7. The molecule has 2 aromatic rings. The van der Waals surface area contributed by atoms with E-state index in [1.807, 2.05) is 45.8 Å². The average Bonchev–Trinajstić information content (AvgIpc) is 2.88. The highest BCUT2D eigenvalue weighted by Crippen LogP contribution is 2.24. The van der Waals surface area contributed by atoms with Crippen molar-refractivity contribution >= 4 is 69.3 Å². The van der Waals surface area contributed by atoms with Crippen LogP contribution < -0.4 is 5.73 Å². The van der Waals surface area contributed by atoms with Gasteiger partial charge in [-0.2, -0.15) is 5.10 Å². The number of rotatable bonds is 3. The average molecular weight is 418 g/mol. The molecule has 0 fully saturated rings. The fourth-order valence-electron chi connectivity index (χ4n) is 1.61. The van der Waals surface area contributed by atoms with E-state index in [9.17, 15) is 4.79 Å². The molecular formula is C12H11IN4OS2. The van der Waals surface area contributed by atoms with Crippen LogP contribution in [0.1, 0.15) is 15.9 Å². The summed E-state index contributed by atoms with van der Waals surface area (Å²) in [5, 5.41) is 9.14. The maximum Gasteiger partial charge on any atom is 0.229 e. The zero-order chi connectivity index (χ0) is 14.5. The number of aromatic amines is 1. The molecule has 1 heterocycles. The topological polar surface area (TPSA) is 83.6 Å². The molecule has 0 aliphatic carbocycles. The first kappa shape index (κ1) is 15.4. The molecule has 0 aliphatic heterocycles. The smallest absolute Gasteiger partial charge is 0.229 e. The van der Waals surface area contributed by atoms with Gasteiger partial charge in [0.05, 0.1) is 6.21 Å². The largest absolute Gasteiger partial charge is 0.377 e. The Kier molecular flexibility index (Phi) is 5.49. The molecule has 3 N–H and O–H groups in total. The summed E-state index contributed by atoms with van der Waals surface area (Å²) >= 11 is 3.31. The van der Waals surface area contributed by atoms with Gasteiger partial charge in [-0.15, -0.1) is 5.10 Å². The zero-order valence-electron chi connectivity index (χ0n) is 10.5. The van der Waals surface area contributed by atoms with Gasteiger partial charge in [-0.05, 0) is 33.4 Å². The number of carbonyl (C=O) groups excluding carboxylic acids is 1. The van der Waals surface area contributed by atoms with Crippen molar-refractivity contribution < 1.29 is 4.79 Å². The van der Waals surface area contributed by atoms with Crippen LogP contribution >= 0.6 is 41.9 Å². The van der Waals surface area contributed by atoms with Gasteiger partial charge in [0.1, 0.15) is 0 Å². The van der Waals surface area contributed by atoms with Crippen LogP contribution in [-0.4, -0.2) is 27.7 Å². The molecule has 5 nitrogen and oxygen atoms in total. The number of halogens is 1. The Labute approximate surface area is 136 Å². The number of thioether (sulfide) groups is 1. The van der Waals surface area contributed by atoms with Crippen LogP contribution in [0, 0.1) is 0 Å². The fourth-order valence-corrected chi connectivity index (χ4v) is 2.72. The Morgan fingerprint density at radius 3 is 3.00 bits per heavy atom. The minimum atomic E-state index is 0.0289. The van der Waals surface area contributed by atoms with Gasteiger partial charge < -0.3 is 10.7 Å². The second-order valence-corrected chi connectivity index (χ2v) is 6.43. The van der Waals surface area contributed by atoms with Gasteiger partial charge in [-0.1, -0.05) is 11.8 Å². The lowest BCUT2D eigenvalue weighted by Crippen LogP contribution is -2.03. The van der Waals surface area contributed by atoms with Gasteiger partial charge in [0, 0.05) is 49.4 Å². The number of hydrogen-bond donors (Lipinski definition) is 2.